The van der Waals surface area contributed by atoms with E-state index in [1.165, 1.54) is 22.3 Å². The number of rotatable bonds is 6. The lowest BCUT2D eigenvalue weighted by Crippen LogP contribution is -2.32. The van der Waals surface area contributed by atoms with Crippen LogP contribution in [0.5, 0.6) is 5.75 Å². The highest BCUT2D eigenvalue weighted by molar-refractivity contribution is 5.44. The van der Waals surface area contributed by atoms with Crippen molar-refractivity contribution in [2.24, 2.45) is 5.92 Å². The maximum Gasteiger partial charge on any atom is 0.115 e. The molecule has 1 aliphatic rings. The van der Waals surface area contributed by atoms with Crippen LogP contribution in [0.25, 0.3) is 0 Å². The lowest BCUT2D eigenvalue weighted by molar-refractivity contribution is 0.383. The summed E-state index contributed by atoms with van der Waals surface area (Å²) >= 11 is 0. The first-order valence-electron chi connectivity index (χ1n) is 9.92. The highest BCUT2D eigenvalue weighted by Crippen LogP contribution is 2.41. The number of phenolic OH excluding ortho intramolecular Hbond substituents is 1. The Morgan fingerprint density at radius 2 is 1.63 bits per heavy atom. The molecule has 2 atom stereocenters. The molecule has 0 bridgehead atoms. The van der Waals surface area contributed by atoms with Crippen molar-refractivity contribution in [1.82, 2.24) is 5.32 Å². The lowest BCUT2D eigenvalue weighted by Gasteiger charge is -2.34. The third-order valence-electron chi connectivity index (χ3n) is 5.72. The molecular weight excluding hydrogens is 330 g/mol. The van der Waals surface area contributed by atoms with Crippen molar-refractivity contribution in [2.45, 2.75) is 25.2 Å². The van der Waals surface area contributed by atoms with Crippen LogP contribution in [0.15, 0.2) is 78.9 Å². The second-order valence-corrected chi connectivity index (χ2v) is 7.51. The normalized spacial score (nSPS) is 18.8. The molecule has 0 fully saturated rings. The summed E-state index contributed by atoms with van der Waals surface area (Å²) in [6, 6.07) is 27.4. The van der Waals surface area contributed by atoms with Crippen molar-refractivity contribution in [2.75, 3.05) is 13.1 Å². The van der Waals surface area contributed by atoms with E-state index in [1.54, 1.807) is 0 Å². The SMILES string of the molecule is Oc1ccc2c(c1)CCC(CNCCc1ccccc1)C2c1ccccc1. The second kappa shape index (κ2) is 8.41. The molecule has 0 aromatic heterocycles. The fraction of sp³-hybridized carbons (Fsp3) is 0.280. The van der Waals surface area contributed by atoms with Crippen molar-refractivity contribution in [1.29, 1.82) is 0 Å². The van der Waals surface area contributed by atoms with E-state index in [4.69, 9.17) is 0 Å². The monoisotopic (exact) mass is 357 g/mol. The Hall–Kier alpha value is -2.58. The van der Waals surface area contributed by atoms with Gasteiger partial charge in [0.15, 0.2) is 0 Å². The lowest BCUT2D eigenvalue weighted by atomic mass is 9.71. The maximum atomic E-state index is 9.88. The largest absolute Gasteiger partial charge is 0.508 e. The summed E-state index contributed by atoms with van der Waals surface area (Å²) < 4.78 is 0. The summed E-state index contributed by atoms with van der Waals surface area (Å²) in [5, 5.41) is 13.6. The molecule has 0 radical (unpaired) electrons. The van der Waals surface area contributed by atoms with Crippen molar-refractivity contribution >= 4 is 0 Å². The summed E-state index contributed by atoms with van der Waals surface area (Å²) in [7, 11) is 0. The van der Waals surface area contributed by atoms with Gasteiger partial charge < -0.3 is 10.4 Å². The summed E-state index contributed by atoms with van der Waals surface area (Å²) in [5.41, 5.74) is 5.43. The van der Waals surface area contributed by atoms with Gasteiger partial charge in [0.05, 0.1) is 0 Å². The van der Waals surface area contributed by atoms with Gasteiger partial charge in [-0.25, -0.2) is 0 Å². The summed E-state index contributed by atoms with van der Waals surface area (Å²) in [6.07, 6.45) is 3.25. The van der Waals surface area contributed by atoms with Gasteiger partial charge in [0.1, 0.15) is 5.75 Å². The van der Waals surface area contributed by atoms with Crippen LogP contribution in [0.3, 0.4) is 0 Å². The molecule has 2 heteroatoms. The van der Waals surface area contributed by atoms with Crippen LogP contribution in [-0.4, -0.2) is 18.2 Å². The average molecular weight is 357 g/mol. The molecule has 0 amide bonds. The van der Waals surface area contributed by atoms with E-state index in [0.717, 1.165) is 32.4 Å². The minimum atomic E-state index is 0.375. The first-order chi connectivity index (χ1) is 13.3. The zero-order valence-electron chi connectivity index (χ0n) is 15.6. The highest BCUT2D eigenvalue weighted by atomic mass is 16.3. The number of fused-ring (bicyclic) bond motifs is 1. The summed E-state index contributed by atoms with van der Waals surface area (Å²) in [5.74, 6) is 1.33. The molecule has 0 saturated heterocycles. The number of phenols is 1. The Labute approximate surface area is 161 Å². The molecule has 0 heterocycles. The van der Waals surface area contributed by atoms with E-state index in [1.807, 2.05) is 12.1 Å². The van der Waals surface area contributed by atoms with Gasteiger partial charge in [-0.15, -0.1) is 0 Å². The third-order valence-corrected chi connectivity index (χ3v) is 5.72. The minimum absolute atomic E-state index is 0.375. The molecule has 138 valence electrons. The summed E-state index contributed by atoms with van der Waals surface area (Å²) in [4.78, 5) is 0. The number of nitrogens with one attached hydrogen (secondary N) is 1. The molecule has 4 rings (SSSR count). The van der Waals surface area contributed by atoms with Gasteiger partial charge in [0.25, 0.3) is 0 Å². The van der Waals surface area contributed by atoms with Crippen molar-refractivity contribution in [3.05, 3.63) is 101 Å². The molecule has 0 spiro atoms. The van der Waals surface area contributed by atoms with Gasteiger partial charge in [0, 0.05) is 5.92 Å². The highest BCUT2D eigenvalue weighted by Gasteiger charge is 2.30. The standard InChI is InChI=1S/C25H27NO/c27-23-13-14-24-21(17-23)11-12-22(25(24)20-9-5-2-6-10-20)18-26-16-15-19-7-3-1-4-8-19/h1-10,13-14,17,22,25-27H,11-12,15-16,18H2. The minimum Gasteiger partial charge on any atom is -0.508 e. The van der Waals surface area contributed by atoms with Crippen LogP contribution < -0.4 is 5.32 Å². The van der Waals surface area contributed by atoms with E-state index >= 15 is 0 Å². The van der Waals surface area contributed by atoms with E-state index < -0.39 is 0 Å². The fourth-order valence-electron chi connectivity index (χ4n) is 4.37. The molecule has 2 nitrogen and oxygen atoms in total. The predicted octanol–water partition coefficient (Wildman–Crippen LogP) is 4.92. The van der Waals surface area contributed by atoms with Gasteiger partial charge >= 0.3 is 0 Å². The molecule has 27 heavy (non-hydrogen) atoms. The van der Waals surface area contributed by atoms with Crippen LogP contribution >= 0.6 is 0 Å². The van der Waals surface area contributed by atoms with E-state index in [0.29, 0.717) is 17.6 Å². The third kappa shape index (κ3) is 4.23. The molecule has 3 aromatic carbocycles. The van der Waals surface area contributed by atoms with E-state index in [2.05, 4.69) is 72.0 Å². The van der Waals surface area contributed by atoms with Crippen LogP contribution in [-0.2, 0) is 12.8 Å². The molecule has 0 aliphatic heterocycles. The number of benzene rings is 3. The van der Waals surface area contributed by atoms with Crippen molar-refractivity contribution < 1.29 is 5.11 Å². The second-order valence-electron chi connectivity index (χ2n) is 7.51. The Kier molecular flexibility index (Phi) is 5.55. The molecule has 2 unspecified atom stereocenters. The van der Waals surface area contributed by atoms with E-state index in [9.17, 15) is 5.11 Å². The number of hydrogen-bond acceptors (Lipinski definition) is 2. The van der Waals surface area contributed by atoms with Crippen LogP contribution in [0.4, 0.5) is 0 Å². The number of aryl methyl sites for hydroxylation is 1. The zero-order chi connectivity index (χ0) is 18.5. The summed E-state index contributed by atoms with van der Waals surface area (Å²) in [6.45, 7) is 2.02. The fourth-order valence-corrected chi connectivity index (χ4v) is 4.37. The van der Waals surface area contributed by atoms with Gasteiger partial charge in [-0.05, 0) is 72.7 Å². The van der Waals surface area contributed by atoms with Gasteiger partial charge in [0.2, 0.25) is 0 Å². The quantitative estimate of drug-likeness (QED) is 0.614. The maximum absolute atomic E-state index is 9.88. The van der Waals surface area contributed by atoms with Crippen LogP contribution in [0.1, 0.15) is 34.6 Å². The van der Waals surface area contributed by atoms with Crippen LogP contribution in [0, 0.1) is 5.92 Å². The molecular formula is C25H27NO. The van der Waals surface area contributed by atoms with Crippen molar-refractivity contribution in [3.8, 4) is 5.75 Å². The number of hydrogen-bond donors (Lipinski definition) is 2. The Morgan fingerprint density at radius 1 is 0.889 bits per heavy atom. The van der Waals surface area contributed by atoms with Gasteiger partial charge in [-0.2, -0.15) is 0 Å². The Bertz CT molecular complexity index is 860. The van der Waals surface area contributed by atoms with Crippen molar-refractivity contribution in [3.63, 3.8) is 0 Å². The Balaban J connectivity index is 1.48. The van der Waals surface area contributed by atoms with Gasteiger partial charge in [-0.3, -0.25) is 0 Å². The first-order valence-corrected chi connectivity index (χ1v) is 9.92. The molecule has 1 aliphatic carbocycles. The topological polar surface area (TPSA) is 32.3 Å². The van der Waals surface area contributed by atoms with Crippen LogP contribution in [0.2, 0.25) is 0 Å². The first kappa shape index (κ1) is 17.8. The molecule has 0 saturated carbocycles. The zero-order valence-corrected chi connectivity index (χ0v) is 15.6. The molecule has 3 aromatic rings. The average Bonchev–Trinajstić information content (AvgIpc) is 2.72. The molecule has 2 N–H and O–H groups in total. The predicted molar refractivity (Wildman–Crippen MR) is 111 cm³/mol. The number of aromatic hydroxyl groups is 1. The van der Waals surface area contributed by atoms with Gasteiger partial charge in [-0.1, -0.05) is 66.7 Å². The van der Waals surface area contributed by atoms with E-state index in [-0.39, 0.29) is 0 Å². The smallest absolute Gasteiger partial charge is 0.115 e. The Morgan fingerprint density at radius 3 is 2.41 bits per heavy atom.